The monoisotopic (exact) mass is 246 g/mol. The van der Waals surface area contributed by atoms with Gasteiger partial charge in [0.25, 0.3) is 0 Å². The molecule has 0 aromatic rings. The standard InChI is InChI=1S/C10H18N2O3S/c1-12(6-9(13)14)10(15)11-7-3-4-8(5-7)16-2/h7-8H,3-6H2,1-2H3,(H,11,15)(H,13,14). The third-order valence-corrected chi connectivity index (χ3v) is 3.86. The number of rotatable bonds is 4. The Morgan fingerprint density at radius 1 is 1.50 bits per heavy atom. The largest absolute Gasteiger partial charge is 0.480 e. The van der Waals surface area contributed by atoms with E-state index in [-0.39, 0.29) is 18.6 Å². The van der Waals surface area contributed by atoms with Crippen molar-refractivity contribution in [3.63, 3.8) is 0 Å². The molecule has 1 rings (SSSR count). The number of hydrogen-bond donors (Lipinski definition) is 2. The van der Waals surface area contributed by atoms with E-state index in [1.807, 2.05) is 11.8 Å². The van der Waals surface area contributed by atoms with Gasteiger partial charge in [0.05, 0.1) is 0 Å². The molecule has 0 aromatic carbocycles. The first kappa shape index (κ1) is 13.2. The van der Waals surface area contributed by atoms with Crippen LogP contribution in [-0.2, 0) is 4.79 Å². The lowest BCUT2D eigenvalue weighted by Crippen LogP contribution is -2.44. The summed E-state index contributed by atoms with van der Waals surface area (Å²) in [6.07, 6.45) is 5.16. The topological polar surface area (TPSA) is 69.6 Å². The Morgan fingerprint density at radius 3 is 2.69 bits per heavy atom. The van der Waals surface area contributed by atoms with Gasteiger partial charge in [-0.2, -0.15) is 11.8 Å². The fourth-order valence-corrected chi connectivity index (χ4v) is 2.64. The van der Waals surface area contributed by atoms with Gasteiger partial charge < -0.3 is 15.3 Å². The van der Waals surface area contributed by atoms with E-state index in [4.69, 9.17) is 5.11 Å². The normalized spacial score (nSPS) is 24.1. The molecule has 1 aliphatic rings. The van der Waals surface area contributed by atoms with Crippen LogP contribution < -0.4 is 5.32 Å². The summed E-state index contributed by atoms with van der Waals surface area (Å²) in [6.45, 7) is -0.259. The predicted molar refractivity (Wildman–Crippen MR) is 63.7 cm³/mol. The van der Waals surface area contributed by atoms with E-state index in [9.17, 15) is 9.59 Å². The van der Waals surface area contributed by atoms with Gasteiger partial charge in [0.2, 0.25) is 0 Å². The fraction of sp³-hybridized carbons (Fsp3) is 0.800. The number of carboxylic acids is 1. The number of nitrogens with zero attached hydrogens (tertiary/aromatic N) is 1. The quantitative estimate of drug-likeness (QED) is 0.776. The Bertz CT molecular complexity index is 273. The molecule has 0 radical (unpaired) electrons. The zero-order valence-corrected chi connectivity index (χ0v) is 10.4. The summed E-state index contributed by atoms with van der Waals surface area (Å²) < 4.78 is 0. The maximum absolute atomic E-state index is 11.6. The van der Waals surface area contributed by atoms with Crippen LogP contribution in [0.5, 0.6) is 0 Å². The molecule has 2 N–H and O–H groups in total. The number of hydrogen-bond acceptors (Lipinski definition) is 3. The Labute approximate surface area is 99.6 Å². The van der Waals surface area contributed by atoms with Gasteiger partial charge in [0, 0.05) is 18.3 Å². The molecule has 16 heavy (non-hydrogen) atoms. The van der Waals surface area contributed by atoms with Crippen LogP contribution in [0.4, 0.5) is 4.79 Å². The predicted octanol–water partition coefficient (Wildman–Crippen LogP) is 0.996. The molecule has 0 spiro atoms. The van der Waals surface area contributed by atoms with Crippen LogP contribution in [0.3, 0.4) is 0 Å². The highest BCUT2D eigenvalue weighted by atomic mass is 32.2. The van der Waals surface area contributed by atoms with E-state index in [2.05, 4.69) is 11.6 Å². The Kier molecular flexibility index (Phi) is 4.92. The van der Waals surface area contributed by atoms with Gasteiger partial charge in [-0.15, -0.1) is 0 Å². The summed E-state index contributed by atoms with van der Waals surface area (Å²) in [4.78, 5) is 23.2. The summed E-state index contributed by atoms with van der Waals surface area (Å²) in [5.41, 5.74) is 0. The molecule has 0 saturated heterocycles. The Hall–Kier alpha value is -0.910. The highest BCUT2D eigenvalue weighted by Crippen LogP contribution is 2.28. The maximum atomic E-state index is 11.6. The number of urea groups is 1. The lowest BCUT2D eigenvalue weighted by atomic mass is 10.2. The van der Waals surface area contributed by atoms with Gasteiger partial charge in [-0.1, -0.05) is 0 Å². The highest BCUT2D eigenvalue weighted by molar-refractivity contribution is 7.99. The summed E-state index contributed by atoms with van der Waals surface area (Å²) in [6, 6.07) is -0.102. The first-order chi connectivity index (χ1) is 7.52. The van der Waals surface area contributed by atoms with Gasteiger partial charge in [-0.25, -0.2) is 4.79 Å². The molecular formula is C10H18N2O3S. The number of carbonyl (C=O) groups is 2. The van der Waals surface area contributed by atoms with Gasteiger partial charge in [-0.05, 0) is 25.5 Å². The minimum atomic E-state index is -0.994. The summed E-state index contributed by atoms with van der Waals surface area (Å²) in [5.74, 6) is -0.994. The van der Waals surface area contributed by atoms with Gasteiger partial charge in [0.1, 0.15) is 6.54 Å². The van der Waals surface area contributed by atoms with E-state index in [1.54, 1.807) is 0 Å². The Balaban J connectivity index is 2.31. The van der Waals surface area contributed by atoms with Gasteiger partial charge in [-0.3, -0.25) is 4.79 Å². The van der Waals surface area contributed by atoms with Crippen LogP contribution in [0.1, 0.15) is 19.3 Å². The van der Waals surface area contributed by atoms with Crippen LogP contribution in [0.25, 0.3) is 0 Å². The molecule has 6 heteroatoms. The summed E-state index contributed by atoms with van der Waals surface area (Å²) in [7, 11) is 1.49. The molecular weight excluding hydrogens is 228 g/mol. The van der Waals surface area contributed by atoms with Crippen molar-refractivity contribution in [3.8, 4) is 0 Å². The van der Waals surface area contributed by atoms with Crippen molar-refractivity contribution in [3.05, 3.63) is 0 Å². The van der Waals surface area contributed by atoms with Crippen LogP contribution in [0.2, 0.25) is 0 Å². The van der Waals surface area contributed by atoms with E-state index in [0.717, 1.165) is 19.3 Å². The molecule has 2 unspecified atom stereocenters. The van der Waals surface area contributed by atoms with E-state index < -0.39 is 5.97 Å². The number of aliphatic carboxylic acids is 1. The fourth-order valence-electron chi connectivity index (χ4n) is 1.84. The second kappa shape index (κ2) is 5.98. The maximum Gasteiger partial charge on any atom is 0.323 e. The van der Waals surface area contributed by atoms with Crippen molar-refractivity contribution in [2.75, 3.05) is 19.8 Å². The number of carboxylic acid groups (broad SMARTS) is 1. The van der Waals surface area contributed by atoms with Crippen LogP contribution in [-0.4, -0.2) is 53.1 Å². The third-order valence-electron chi connectivity index (χ3n) is 2.76. The second-order valence-corrected chi connectivity index (χ2v) is 5.21. The van der Waals surface area contributed by atoms with Crippen LogP contribution in [0, 0.1) is 0 Å². The SMILES string of the molecule is CSC1CCC(NC(=O)N(C)CC(=O)O)C1. The highest BCUT2D eigenvalue weighted by Gasteiger charge is 2.26. The van der Waals surface area contributed by atoms with Crippen molar-refractivity contribution in [2.45, 2.75) is 30.6 Å². The molecule has 1 saturated carbocycles. The molecule has 2 amide bonds. The lowest BCUT2D eigenvalue weighted by molar-refractivity contribution is -0.137. The van der Waals surface area contributed by atoms with Crippen molar-refractivity contribution in [2.24, 2.45) is 0 Å². The molecule has 2 atom stereocenters. The molecule has 0 heterocycles. The average Bonchev–Trinajstić information content (AvgIpc) is 2.64. The molecule has 92 valence electrons. The number of amides is 2. The first-order valence-corrected chi connectivity index (χ1v) is 6.58. The van der Waals surface area contributed by atoms with Gasteiger partial charge >= 0.3 is 12.0 Å². The first-order valence-electron chi connectivity index (χ1n) is 5.29. The smallest absolute Gasteiger partial charge is 0.323 e. The molecule has 0 aromatic heterocycles. The summed E-state index contributed by atoms with van der Waals surface area (Å²) in [5, 5.41) is 12.0. The van der Waals surface area contributed by atoms with Crippen molar-refractivity contribution in [1.29, 1.82) is 0 Å². The average molecular weight is 246 g/mol. The number of thioether (sulfide) groups is 1. The van der Waals surface area contributed by atoms with Crippen LogP contribution in [0.15, 0.2) is 0 Å². The zero-order valence-electron chi connectivity index (χ0n) is 9.60. The third kappa shape index (κ3) is 3.92. The number of likely N-dealkylation sites (N-methyl/N-ethyl adjacent to an activating group) is 1. The molecule has 1 aliphatic carbocycles. The van der Waals surface area contributed by atoms with Crippen LogP contribution >= 0.6 is 11.8 Å². The van der Waals surface area contributed by atoms with E-state index in [0.29, 0.717) is 5.25 Å². The zero-order chi connectivity index (χ0) is 12.1. The molecule has 0 bridgehead atoms. The Morgan fingerprint density at radius 2 is 2.19 bits per heavy atom. The minimum absolute atomic E-state index is 0.196. The van der Waals surface area contributed by atoms with Crippen molar-refractivity contribution in [1.82, 2.24) is 10.2 Å². The second-order valence-electron chi connectivity index (χ2n) is 4.07. The lowest BCUT2D eigenvalue weighted by Gasteiger charge is -2.19. The molecule has 1 fully saturated rings. The minimum Gasteiger partial charge on any atom is -0.480 e. The molecule has 5 nitrogen and oxygen atoms in total. The van der Waals surface area contributed by atoms with E-state index >= 15 is 0 Å². The number of carbonyl (C=O) groups excluding carboxylic acids is 1. The van der Waals surface area contributed by atoms with Crippen molar-refractivity contribution < 1.29 is 14.7 Å². The van der Waals surface area contributed by atoms with Gasteiger partial charge in [0.15, 0.2) is 0 Å². The van der Waals surface area contributed by atoms with E-state index in [1.165, 1.54) is 11.9 Å². The number of nitrogens with one attached hydrogen (secondary N) is 1. The molecule has 0 aliphatic heterocycles. The summed E-state index contributed by atoms with van der Waals surface area (Å²) >= 11 is 1.82. The van der Waals surface area contributed by atoms with Crippen molar-refractivity contribution >= 4 is 23.8 Å².